The van der Waals surface area contributed by atoms with Crippen LogP contribution in [0, 0.1) is 6.92 Å². The third-order valence-electron chi connectivity index (χ3n) is 2.62. The van der Waals surface area contributed by atoms with E-state index in [1.807, 2.05) is 31.2 Å². The first kappa shape index (κ1) is 10.0. The molecule has 1 amide bonds. The number of carbonyl (C=O) groups excluding carboxylic acids is 1. The predicted octanol–water partition coefficient (Wildman–Crippen LogP) is 1.65. The van der Waals surface area contributed by atoms with Gasteiger partial charge in [-0.05, 0) is 25.0 Å². The van der Waals surface area contributed by atoms with Gasteiger partial charge in [-0.1, -0.05) is 18.2 Å². The van der Waals surface area contributed by atoms with Crippen molar-refractivity contribution in [1.82, 2.24) is 5.32 Å². The first-order chi connectivity index (χ1) is 7.25. The smallest absolute Gasteiger partial charge is 0.220 e. The van der Waals surface area contributed by atoms with Gasteiger partial charge in [-0.2, -0.15) is 0 Å². The minimum absolute atomic E-state index is 0.133. The second-order valence-corrected chi connectivity index (χ2v) is 3.88. The minimum atomic E-state index is 0.133. The Bertz CT molecular complexity index is 362. The largest absolute Gasteiger partial charge is 0.491 e. The highest BCUT2D eigenvalue weighted by Gasteiger charge is 2.21. The Kier molecular flexibility index (Phi) is 2.90. The van der Waals surface area contributed by atoms with Gasteiger partial charge in [-0.15, -0.1) is 0 Å². The Morgan fingerprint density at radius 2 is 2.27 bits per heavy atom. The van der Waals surface area contributed by atoms with Crippen LogP contribution in [0.1, 0.15) is 18.4 Å². The monoisotopic (exact) mass is 205 g/mol. The van der Waals surface area contributed by atoms with Crippen molar-refractivity contribution in [1.29, 1.82) is 0 Å². The number of benzene rings is 1. The molecule has 0 aliphatic carbocycles. The second kappa shape index (κ2) is 4.34. The van der Waals surface area contributed by atoms with Crippen LogP contribution in [0.3, 0.4) is 0 Å². The second-order valence-electron chi connectivity index (χ2n) is 3.88. The SMILES string of the molecule is Cc1ccccc1OCC1CCC(=O)N1. The molecular formula is C12H15NO2. The molecule has 1 atom stereocenters. The van der Waals surface area contributed by atoms with Gasteiger partial charge in [0, 0.05) is 6.42 Å². The summed E-state index contributed by atoms with van der Waals surface area (Å²) in [5, 5.41) is 2.88. The van der Waals surface area contributed by atoms with E-state index in [9.17, 15) is 4.79 Å². The number of nitrogens with one attached hydrogen (secondary N) is 1. The normalized spacial score (nSPS) is 20.1. The van der Waals surface area contributed by atoms with Gasteiger partial charge in [-0.25, -0.2) is 0 Å². The van der Waals surface area contributed by atoms with Crippen molar-refractivity contribution in [3.8, 4) is 5.75 Å². The zero-order valence-electron chi connectivity index (χ0n) is 8.82. The average molecular weight is 205 g/mol. The van der Waals surface area contributed by atoms with Crippen molar-refractivity contribution in [3.63, 3.8) is 0 Å². The van der Waals surface area contributed by atoms with E-state index in [0.29, 0.717) is 13.0 Å². The van der Waals surface area contributed by atoms with E-state index in [4.69, 9.17) is 4.74 Å². The highest BCUT2D eigenvalue weighted by molar-refractivity contribution is 5.78. The quantitative estimate of drug-likeness (QED) is 0.814. The average Bonchev–Trinajstić information content (AvgIpc) is 2.63. The van der Waals surface area contributed by atoms with Crippen LogP contribution in [0.5, 0.6) is 5.75 Å². The van der Waals surface area contributed by atoms with Crippen LogP contribution >= 0.6 is 0 Å². The molecule has 0 bridgehead atoms. The van der Waals surface area contributed by atoms with E-state index in [1.54, 1.807) is 0 Å². The number of carbonyl (C=O) groups is 1. The molecule has 1 aromatic carbocycles. The van der Waals surface area contributed by atoms with Gasteiger partial charge in [0.05, 0.1) is 6.04 Å². The van der Waals surface area contributed by atoms with Gasteiger partial charge in [0.25, 0.3) is 0 Å². The summed E-state index contributed by atoms with van der Waals surface area (Å²) in [6.45, 7) is 2.58. The molecule has 1 unspecified atom stereocenters. The molecule has 1 aliphatic rings. The van der Waals surface area contributed by atoms with Crippen LogP contribution in [-0.2, 0) is 4.79 Å². The number of ether oxygens (including phenoxy) is 1. The number of para-hydroxylation sites is 1. The molecule has 1 heterocycles. The van der Waals surface area contributed by atoms with Crippen molar-refractivity contribution in [2.75, 3.05) is 6.61 Å². The van der Waals surface area contributed by atoms with Crippen LogP contribution in [0.2, 0.25) is 0 Å². The summed E-state index contributed by atoms with van der Waals surface area (Å²) in [6.07, 6.45) is 1.51. The summed E-state index contributed by atoms with van der Waals surface area (Å²) in [7, 11) is 0. The topological polar surface area (TPSA) is 38.3 Å². The van der Waals surface area contributed by atoms with E-state index in [-0.39, 0.29) is 11.9 Å². The zero-order valence-corrected chi connectivity index (χ0v) is 8.82. The predicted molar refractivity (Wildman–Crippen MR) is 57.8 cm³/mol. The summed E-state index contributed by atoms with van der Waals surface area (Å²) in [5.41, 5.74) is 1.13. The lowest BCUT2D eigenvalue weighted by molar-refractivity contribution is -0.119. The summed E-state index contributed by atoms with van der Waals surface area (Å²) >= 11 is 0. The molecule has 3 heteroatoms. The van der Waals surface area contributed by atoms with E-state index in [1.165, 1.54) is 0 Å². The van der Waals surface area contributed by atoms with Crippen molar-refractivity contribution in [2.45, 2.75) is 25.8 Å². The zero-order chi connectivity index (χ0) is 10.7. The fraction of sp³-hybridized carbons (Fsp3) is 0.417. The molecule has 2 rings (SSSR count). The van der Waals surface area contributed by atoms with Crippen molar-refractivity contribution < 1.29 is 9.53 Å². The van der Waals surface area contributed by atoms with Crippen LogP contribution in [0.4, 0.5) is 0 Å². The fourth-order valence-corrected chi connectivity index (χ4v) is 1.71. The van der Waals surface area contributed by atoms with Gasteiger partial charge in [-0.3, -0.25) is 4.79 Å². The minimum Gasteiger partial charge on any atom is -0.491 e. The summed E-state index contributed by atoms with van der Waals surface area (Å²) in [5.74, 6) is 1.03. The van der Waals surface area contributed by atoms with Crippen molar-refractivity contribution in [2.24, 2.45) is 0 Å². The molecule has 1 N–H and O–H groups in total. The maximum absolute atomic E-state index is 11.0. The van der Waals surface area contributed by atoms with E-state index >= 15 is 0 Å². The lowest BCUT2D eigenvalue weighted by atomic mass is 10.2. The molecular weight excluding hydrogens is 190 g/mol. The summed E-state index contributed by atoms with van der Waals surface area (Å²) < 4.78 is 5.65. The molecule has 1 fully saturated rings. The van der Waals surface area contributed by atoms with Gasteiger partial charge in [0.2, 0.25) is 5.91 Å². The molecule has 15 heavy (non-hydrogen) atoms. The van der Waals surface area contributed by atoms with Gasteiger partial charge < -0.3 is 10.1 Å². The van der Waals surface area contributed by atoms with Crippen LogP contribution in [0.15, 0.2) is 24.3 Å². The van der Waals surface area contributed by atoms with Crippen LogP contribution < -0.4 is 10.1 Å². The maximum atomic E-state index is 11.0. The van der Waals surface area contributed by atoms with E-state index < -0.39 is 0 Å². The number of hydrogen-bond acceptors (Lipinski definition) is 2. The summed E-state index contributed by atoms with van der Waals surface area (Å²) in [6, 6.07) is 8.08. The Morgan fingerprint density at radius 3 is 2.93 bits per heavy atom. The first-order valence-electron chi connectivity index (χ1n) is 5.23. The Balaban J connectivity index is 1.88. The molecule has 1 saturated heterocycles. The highest BCUT2D eigenvalue weighted by atomic mass is 16.5. The lowest BCUT2D eigenvalue weighted by Crippen LogP contribution is -2.30. The van der Waals surface area contributed by atoms with Gasteiger partial charge in [0.15, 0.2) is 0 Å². The van der Waals surface area contributed by atoms with Crippen LogP contribution in [0.25, 0.3) is 0 Å². The molecule has 1 aromatic rings. The number of rotatable bonds is 3. The maximum Gasteiger partial charge on any atom is 0.220 e. The molecule has 1 aliphatic heterocycles. The number of hydrogen-bond donors (Lipinski definition) is 1. The van der Waals surface area contributed by atoms with Crippen LogP contribution in [-0.4, -0.2) is 18.6 Å². The highest BCUT2D eigenvalue weighted by Crippen LogP contribution is 2.17. The lowest BCUT2D eigenvalue weighted by Gasteiger charge is -2.13. The standard InChI is InChI=1S/C12H15NO2/c1-9-4-2-3-5-11(9)15-8-10-6-7-12(14)13-10/h2-5,10H,6-8H2,1H3,(H,13,14). The van der Waals surface area contributed by atoms with Crippen molar-refractivity contribution >= 4 is 5.91 Å². The molecule has 0 aromatic heterocycles. The van der Waals surface area contributed by atoms with E-state index in [2.05, 4.69) is 5.32 Å². The summed E-state index contributed by atoms with van der Waals surface area (Å²) in [4.78, 5) is 11.0. The van der Waals surface area contributed by atoms with E-state index in [0.717, 1.165) is 17.7 Å². The fourth-order valence-electron chi connectivity index (χ4n) is 1.71. The Morgan fingerprint density at radius 1 is 1.47 bits per heavy atom. The molecule has 0 saturated carbocycles. The number of aryl methyl sites for hydroxylation is 1. The number of amides is 1. The van der Waals surface area contributed by atoms with Crippen molar-refractivity contribution in [3.05, 3.63) is 29.8 Å². The third kappa shape index (κ3) is 2.49. The van der Waals surface area contributed by atoms with Gasteiger partial charge in [0.1, 0.15) is 12.4 Å². The Labute approximate surface area is 89.4 Å². The first-order valence-corrected chi connectivity index (χ1v) is 5.23. The third-order valence-corrected chi connectivity index (χ3v) is 2.62. The van der Waals surface area contributed by atoms with Gasteiger partial charge >= 0.3 is 0 Å². The molecule has 0 radical (unpaired) electrons. The Hall–Kier alpha value is -1.51. The molecule has 3 nitrogen and oxygen atoms in total. The molecule has 80 valence electrons. The molecule has 0 spiro atoms.